The van der Waals surface area contributed by atoms with Gasteiger partial charge in [-0.25, -0.2) is 4.98 Å². The Morgan fingerprint density at radius 1 is 1.14 bits per heavy atom. The van der Waals surface area contributed by atoms with Crippen molar-refractivity contribution in [3.05, 3.63) is 70.0 Å². The minimum Gasteiger partial charge on any atom is -0.383 e. The predicted molar refractivity (Wildman–Crippen MR) is 113 cm³/mol. The molecular weight excluding hydrogens is 372 g/mol. The summed E-state index contributed by atoms with van der Waals surface area (Å²) in [6.45, 7) is 5.04. The number of methoxy groups -OCH3 is 1. The summed E-state index contributed by atoms with van der Waals surface area (Å²) < 4.78 is 6.72. The van der Waals surface area contributed by atoms with Crippen LogP contribution in [0, 0.1) is 0 Å². The summed E-state index contributed by atoms with van der Waals surface area (Å²) in [5.41, 5.74) is 2.40. The van der Waals surface area contributed by atoms with Gasteiger partial charge in [0.05, 0.1) is 29.8 Å². The van der Waals surface area contributed by atoms with Gasteiger partial charge < -0.3 is 4.74 Å². The van der Waals surface area contributed by atoms with E-state index in [1.54, 1.807) is 17.7 Å². The molecule has 5 nitrogen and oxygen atoms in total. The third-order valence-electron chi connectivity index (χ3n) is 4.58. The van der Waals surface area contributed by atoms with Crippen molar-refractivity contribution in [3.63, 3.8) is 0 Å². The highest BCUT2D eigenvalue weighted by Gasteiger charge is 2.14. The maximum Gasteiger partial charge on any atom is 0.262 e. The van der Waals surface area contributed by atoms with E-state index in [0.717, 1.165) is 0 Å². The minimum atomic E-state index is -0.112. The Kier molecular flexibility index (Phi) is 6.65. The first-order valence-electron chi connectivity index (χ1n) is 9.25. The van der Waals surface area contributed by atoms with Crippen LogP contribution in [0.5, 0.6) is 0 Å². The van der Waals surface area contributed by atoms with Crippen LogP contribution in [-0.2, 0) is 11.3 Å². The fourth-order valence-corrected chi connectivity index (χ4v) is 3.82. The molecule has 0 aliphatic carbocycles. The van der Waals surface area contributed by atoms with Crippen molar-refractivity contribution in [2.75, 3.05) is 19.5 Å². The van der Waals surface area contributed by atoms with Gasteiger partial charge in [-0.1, -0.05) is 62.0 Å². The Morgan fingerprint density at radius 3 is 2.54 bits per heavy atom. The van der Waals surface area contributed by atoms with E-state index in [4.69, 9.17) is 4.74 Å². The first-order chi connectivity index (χ1) is 13.5. The lowest BCUT2D eigenvalue weighted by atomic mass is 10.0. The molecule has 0 fully saturated rings. The van der Waals surface area contributed by atoms with E-state index in [-0.39, 0.29) is 17.1 Å². The monoisotopic (exact) mass is 396 g/mol. The van der Waals surface area contributed by atoms with E-state index in [1.807, 2.05) is 42.5 Å². The van der Waals surface area contributed by atoms with Crippen LogP contribution in [-0.4, -0.2) is 34.8 Å². The number of ketones is 1. The zero-order valence-corrected chi connectivity index (χ0v) is 17.2. The molecule has 0 amide bonds. The van der Waals surface area contributed by atoms with Gasteiger partial charge in [0.15, 0.2) is 10.9 Å². The lowest BCUT2D eigenvalue weighted by molar-refractivity contribution is 0.102. The molecule has 0 aliphatic heterocycles. The summed E-state index contributed by atoms with van der Waals surface area (Å²) in [6, 6.07) is 15.0. The number of carbonyl (C=O) groups is 1. The van der Waals surface area contributed by atoms with E-state index in [1.165, 1.54) is 17.3 Å². The minimum absolute atomic E-state index is 0.0148. The molecule has 146 valence electrons. The second-order valence-corrected chi connectivity index (χ2v) is 7.79. The predicted octanol–water partition coefficient (Wildman–Crippen LogP) is 4.14. The molecule has 3 rings (SSSR count). The lowest BCUT2D eigenvalue weighted by Crippen LogP contribution is -2.25. The van der Waals surface area contributed by atoms with Crippen LogP contribution in [0.1, 0.15) is 35.7 Å². The van der Waals surface area contributed by atoms with Gasteiger partial charge in [-0.3, -0.25) is 14.2 Å². The van der Waals surface area contributed by atoms with Crippen LogP contribution in [0.3, 0.4) is 0 Å². The fraction of sp³-hybridized carbons (Fsp3) is 0.318. The van der Waals surface area contributed by atoms with E-state index < -0.39 is 0 Å². The average Bonchev–Trinajstić information content (AvgIpc) is 2.71. The summed E-state index contributed by atoms with van der Waals surface area (Å²) in [5.74, 6) is 0.662. The van der Waals surface area contributed by atoms with Crippen molar-refractivity contribution >= 4 is 28.4 Å². The Hall–Kier alpha value is -2.44. The zero-order chi connectivity index (χ0) is 20.1. The summed E-state index contributed by atoms with van der Waals surface area (Å²) >= 11 is 1.29. The number of thioether (sulfide) groups is 1. The highest BCUT2D eigenvalue weighted by atomic mass is 32.2. The number of aromatic nitrogens is 2. The van der Waals surface area contributed by atoms with Gasteiger partial charge in [0, 0.05) is 12.7 Å². The molecule has 0 atom stereocenters. The van der Waals surface area contributed by atoms with Gasteiger partial charge in [0.2, 0.25) is 0 Å². The molecule has 0 unspecified atom stereocenters. The number of hydrogen-bond donors (Lipinski definition) is 0. The van der Waals surface area contributed by atoms with E-state index in [2.05, 4.69) is 18.8 Å². The molecule has 0 saturated heterocycles. The number of para-hydroxylation sites is 1. The average molecular weight is 397 g/mol. The molecular formula is C22H24N2O3S. The van der Waals surface area contributed by atoms with Gasteiger partial charge in [-0.15, -0.1) is 0 Å². The topological polar surface area (TPSA) is 61.2 Å². The zero-order valence-electron chi connectivity index (χ0n) is 16.3. The second-order valence-electron chi connectivity index (χ2n) is 6.85. The van der Waals surface area contributed by atoms with Gasteiger partial charge >= 0.3 is 0 Å². The highest BCUT2D eigenvalue weighted by molar-refractivity contribution is 7.99. The molecule has 3 aromatic rings. The first kappa shape index (κ1) is 20.3. The molecule has 0 aliphatic rings. The maximum absolute atomic E-state index is 12.8. The Morgan fingerprint density at radius 2 is 1.86 bits per heavy atom. The highest BCUT2D eigenvalue weighted by Crippen LogP contribution is 2.20. The van der Waals surface area contributed by atoms with E-state index >= 15 is 0 Å². The number of hydrogen-bond acceptors (Lipinski definition) is 5. The Balaban J connectivity index is 1.84. The number of benzene rings is 2. The summed E-state index contributed by atoms with van der Waals surface area (Å²) in [6.07, 6.45) is 0. The van der Waals surface area contributed by atoms with Crippen LogP contribution >= 0.6 is 11.8 Å². The van der Waals surface area contributed by atoms with Crippen LogP contribution in [0.15, 0.2) is 58.5 Å². The Labute approximate surface area is 168 Å². The van der Waals surface area contributed by atoms with Crippen LogP contribution < -0.4 is 5.56 Å². The van der Waals surface area contributed by atoms with Crippen LogP contribution in [0.2, 0.25) is 0 Å². The Bertz CT molecular complexity index is 1030. The molecule has 1 aromatic heterocycles. The van der Waals surface area contributed by atoms with Gasteiger partial charge in [-0.05, 0) is 23.6 Å². The number of rotatable bonds is 8. The van der Waals surface area contributed by atoms with Crippen molar-refractivity contribution in [1.29, 1.82) is 0 Å². The number of fused-ring (bicyclic) bond motifs is 1. The van der Waals surface area contributed by atoms with E-state index in [9.17, 15) is 9.59 Å². The molecule has 0 bridgehead atoms. The number of carbonyl (C=O) groups excluding carboxylic acids is 1. The summed E-state index contributed by atoms with van der Waals surface area (Å²) in [5, 5.41) is 1.10. The molecule has 0 radical (unpaired) electrons. The van der Waals surface area contributed by atoms with Crippen molar-refractivity contribution in [1.82, 2.24) is 9.55 Å². The van der Waals surface area contributed by atoms with Gasteiger partial charge in [0.25, 0.3) is 5.56 Å². The standard InChI is InChI=1S/C22H24N2O3S/c1-15(2)16-8-10-17(11-9-16)20(25)14-28-22-23-19-7-5-4-6-18(19)21(26)24(22)12-13-27-3/h4-11,15H,12-14H2,1-3H3. The van der Waals surface area contributed by atoms with Gasteiger partial charge in [-0.2, -0.15) is 0 Å². The molecule has 28 heavy (non-hydrogen) atoms. The summed E-state index contributed by atoms with van der Waals surface area (Å²) in [7, 11) is 1.59. The second kappa shape index (κ2) is 9.17. The van der Waals surface area contributed by atoms with Crippen molar-refractivity contribution in [3.8, 4) is 0 Å². The van der Waals surface area contributed by atoms with Crippen LogP contribution in [0.4, 0.5) is 0 Å². The normalized spacial score (nSPS) is 11.3. The number of Topliss-reactive ketones (excluding diaryl/α,β-unsaturated/α-hetero) is 1. The third-order valence-corrected chi connectivity index (χ3v) is 5.55. The van der Waals surface area contributed by atoms with Crippen LogP contribution in [0.25, 0.3) is 10.9 Å². The molecule has 0 spiro atoms. The molecule has 0 N–H and O–H groups in total. The van der Waals surface area contributed by atoms with Crippen molar-refractivity contribution in [2.24, 2.45) is 0 Å². The quantitative estimate of drug-likeness (QED) is 0.325. The maximum atomic E-state index is 12.8. The smallest absolute Gasteiger partial charge is 0.262 e. The number of ether oxygens (including phenoxy) is 1. The molecule has 0 saturated carbocycles. The lowest BCUT2D eigenvalue weighted by Gasteiger charge is -2.12. The van der Waals surface area contributed by atoms with Crippen molar-refractivity contribution in [2.45, 2.75) is 31.5 Å². The van der Waals surface area contributed by atoms with Crippen molar-refractivity contribution < 1.29 is 9.53 Å². The largest absolute Gasteiger partial charge is 0.383 e. The SMILES string of the molecule is COCCn1c(SCC(=O)c2ccc(C(C)C)cc2)nc2ccccc2c1=O. The first-order valence-corrected chi connectivity index (χ1v) is 10.2. The number of nitrogens with zero attached hydrogens (tertiary/aromatic N) is 2. The van der Waals surface area contributed by atoms with Gasteiger partial charge in [0.1, 0.15) is 0 Å². The fourth-order valence-electron chi connectivity index (χ4n) is 2.90. The summed E-state index contributed by atoms with van der Waals surface area (Å²) in [4.78, 5) is 30.1. The third kappa shape index (κ3) is 4.51. The molecule has 1 heterocycles. The molecule has 6 heteroatoms. The van der Waals surface area contributed by atoms with E-state index in [0.29, 0.717) is 40.7 Å². The molecule has 2 aromatic carbocycles.